The van der Waals surface area contributed by atoms with Crippen LogP contribution < -0.4 is 5.73 Å². The number of rotatable bonds is 6. The molecule has 0 amide bonds. The van der Waals surface area contributed by atoms with Gasteiger partial charge in [-0.3, -0.25) is 4.90 Å². The molecule has 0 saturated carbocycles. The van der Waals surface area contributed by atoms with Gasteiger partial charge in [-0.25, -0.2) is 0 Å². The van der Waals surface area contributed by atoms with Crippen LogP contribution >= 0.6 is 11.6 Å². The van der Waals surface area contributed by atoms with E-state index in [2.05, 4.69) is 0 Å². The van der Waals surface area contributed by atoms with Crippen LogP contribution in [0.2, 0.25) is 0 Å². The predicted molar refractivity (Wildman–Crippen MR) is 84.8 cm³/mol. The van der Waals surface area contributed by atoms with E-state index in [1.165, 1.54) is 0 Å². The molecule has 2 rings (SSSR count). The standard InChI is InChI=1S/C15H22ClN3O2/c1-18-5-3-12(11-18)13-10-15(16,17)4-2-14(13)19(6-8-20)7-9-21/h2-5,10-11,14,20-21H,6-9,17H2,1H3. The van der Waals surface area contributed by atoms with Crippen LogP contribution in [0.4, 0.5) is 0 Å². The molecule has 6 heteroatoms. The molecule has 2 unspecified atom stereocenters. The van der Waals surface area contributed by atoms with Gasteiger partial charge in [0.15, 0.2) is 0 Å². The minimum absolute atomic E-state index is 0.0288. The molecule has 2 atom stereocenters. The summed E-state index contributed by atoms with van der Waals surface area (Å²) in [6, 6.07) is 1.93. The highest BCUT2D eigenvalue weighted by Gasteiger charge is 2.29. The maximum Gasteiger partial charge on any atom is 0.129 e. The zero-order chi connectivity index (χ0) is 15.5. The van der Waals surface area contributed by atoms with Crippen molar-refractivity contribution in [2.75, 3.05) is 26.3 Å². The lowest BCUT2D eigenvalue weighted by atomic mass is 9.92. The maximum atomic E-state index is 9.24. The van der Waals surface area contributed by atoms with Gasteiger partial charge in [0.1, 0.15) is 5.00 Å². The molecule has 1 aromatic heterocycles. The van der Waals surface area contributed by atoms with Gasteiger partial charge in [-0.1, -0.05) is 17.7 Å². The highest BCUT2D eigenvalue weighted by Crippen LogP contribution is 2.32. The molecule has 0 radical (unpaired) electrons. The van der Waals surface area contributed by atoms with Crippen LogP contribution in [-0.2, 0) is 7.05 Å². The van der Waals surface area contributed by atoms with Crippen molar-refractivity contribution in [1.82, 2.24) is 9.47 Å². The second-order valence-electron chi connectivity index (χ2n) is 5.28. The van der Waals surface area contributed by atoms with E-state index in [4.69, 9.17) is 17.3 Å². The Morgan fingerprint density at radius 2 is 2.05 bits per heavy atom. The Bertz CT molecular complexity index is 531. The van der Waals surface area contributed by atoms with E-state index in [0.29, 0.717) is 13.1 Å². The Hall–Kier alpha value is -1.11. The van der Waals surface area contributed by atoms with Crippen molar-refractivity contribution in [2.45, 2.75) is 11.0 Å². The first-order valence-corrected chi connectivity index (χ1v) is 7.32. The fourth-order valence-corrected chi connectivity index (χ4v) is 2.80. The van der Waals surface area contributed by atoms with E-state index in [-0.39, 0.29) is 19.3 Å². The number of aliphatic hydroxyl groups is 2. The van der Waals surface area contributed by atoms with E-state index >= 15 is 0 Å². The summed E-state index contributed by atoms with van der Waals surface area (Å²) in [7, 11) is 1.95. The largest absolute Gasteiger partial charge is 0.395 e. The van der Waals surface area contributed by atoms with E-state index in [9.17, 15) is 10.2 Å². The topological polar surface area (TPSA) is 74.7 Å². The lowest BCUT2D eigenvalue weighted by molar-refractivity contribution is 0.155. The van der Waals surface area contributed by atoms with E-state index < -0.39 is 5.00 Å². The summed E-state index contributed by atoms with van der Waals surface area (Å²) in [4.78, 5) is 0.993. The Morgan fingerprint density at radius 3 is 2.57 bits per heavy atom. The van der Waals surface area contributed by atoms with Crippen LogP contribution in [-0.4, -0.2) is 57.0 Å². The van der Waals surface area contributed by atoms with E-state index in [1.807, 2.05) is 47.1 Å². The first-order valence-electron chi connectivity index (χ1n) is 6.95. The monoisotopic (exact) mass is 311 g/mol. The molecule has 1 aromatic rings. The maximum absolute atomic E-state index is 9.24. The first kappa shape index (κ1) is 16.3. The minimum atomic E-state index is -1.01. The van der Waals surface area contributed by atoms with Gasteiger partial charge in [0, 0.05) is 32.5 Å². The molecular formula is C15H22ClN3O2. The van der Waals surface area contributed by atoms with Gasteiger partial charge in [0.05, 0.1) is 19.3 Å². The molecule has 0 bridgehead atoms. The van der Waals surface area contributed by atoms with E-state index in [1.54, 1.807) is 6.08 Å². The Kier molecular flexibility index (Phi) is 5.24. The Labute approximate surface area is 129 Å². The molecule has 0 fully saturated rings. The molecule has 0 aromatic carbocycles. The van der Waals surface area contributed by atoms with Crippen LogP contribution in [0.15, 0.2) is 36.7 Å². The van der Waals surface area contributed by atoms with Crippen molar-refractivity contribution in [3.8, 4) is 0 Å². The molecule has 0 aliphatic heterocycles. The van der Waals surface area contributed by atoms with Crippen LogP contribution in [0.1, 0.15) is 5.56 Å². The summed E-state index contributed by atoms with van der Waals surface area (Å²) in [6.45, 7) is 1.00. The molecule has 1 aliphatic carbocycles. The van der Waals surface area contributed by atoms with E-state index in [0.717, 1.165) is 11.1 Å². The summed E-state index contributed by atoms with van der Waals surface area (Å²) in [5, 5.41) is 18.5. The quantitative estimate of drug-likeness (QED) is 0.407. The Morgan fingerprint density at radius 1 is 1.38 bits per heavy atom. The SMILES string of the molecule is Cn1ccc(C2=CC(N)(Cl)C=CC2N(CCO)CCO)c1. The average Bonchev–Trinajstić information content (AvgIpc) is 2.84. The molecule has 21 heavy (non-hydrogen) atoms. The summed E-state index contributed by atoms with van der Waals surface area (Å²) in [6.07, 6.45) is 9.46. The van der Waals surface area contributed by atoms with Gasteiger partial charge in [0.2, 0.25) is 0 Å². The molecule has 116 valence electrons. The number of hydrogen-bond donors (Lipinski definition) is 3. The number of aliphatic hydroxyl groups excluding tert-OH is 2. The fraction of sp³-hybridized carbons (Fsp3) is 0.467. The van der Waals surface area contributed by atoms with Gasteiger partial charge in [-0.15, -0.1) is 0 Å². The highest BCUT2D eigenvalue weighted by molar-refractivity contribution is 6.26. The number of hydrogen-bond acceptors (Lipinski definition) is 4. The number of nitrogens with two attached hydrogens (primary N) is 1. The van der Waals surface area contributed by atoms with Crippen LogP contribution in [0, 0.1) is 0 Å². The van der Waals surface area contributed by atoms with Gasteiger partial charge in [-0.05, 0) is 29.4 Å². The lowest BCUT2D eigenvalue weighted by Crippen LogP contribution is -2.42. The number of halogens is 1. The third kappa shape index (κ3) is 3.96. The Balaban J connectivity index is 2.36. The molecule has 5 nitrogen and oxygen atoms in total. The fourth-order valence-electron chi connectivity index (χ4n) is 2.61. The summed E-state index contributed by atoms with van der Waals surface area (Å²) < 4.78 is 1.96. The number of nitrogens with zero attached hydrogens (tertiary/aromatic N) is 2. The normalized spacial score (nSPS) is 25.4. The van der Waals surface area contributed by atoms with Crippen LogP contribution in [0.3, 0.4) is 0 Å². The average molecular weight is 312 g/mol. The third-order valence-corrected chi connectivity index (χ3v) is 3.80. The second kappa shape index (κ2) is 6.77. The van der Waals surface area contributed by atoms with Crippen LogP contribution in [0.25, 0.3) is 5.57 Å². The van der Waals surface area contributed by atoms with Crippen molar-refractivity contribution in [3.63, 3.8) is 0 Å². The van der Waals surface area contributed by atoms with Crippen molar-refractivity contribution in [2.24, 2.45) is 12.8 Å². The predicted octanol–water partition coefficient (Wildman–Crippen LogP) is 0.527. The molecule has 4 N–H and O–H groups in total. The van der Waals surface area contributed by atoms with Crippen molar-refractivity contribution >= 4 is 17.2 Å². The number of aryl methyl sites for hydroxylation is 1. The zero-order valence-electron chi connectivity index (χ0n) is 12.1. The second-order valence-corrected chi connectivity index (χ2v) is 5.93. The summed E-state index contributed by atoms with van der Waals surface area (Å²) in [5.74, 6) is 0. The van der Waals surface area contributed by atoms with Crippen molar-refractivity contribution in [1.29, 1.82) is 0 Å². The first-order chi connectivity index (χ1) is 9.96. The van der Waals surface area contributed by atoms with Gasteiger partial charge < -0.3 is 20.5 Å². The summed E-state index contributed by atoms with van der Waals surface area (Å²) in [5.41, 5.74) is 8.02. The van der Waals surface area contributed by atoms with Crippen molar-refractivity contribution < 1.29 is 10.2 Å². The van der Waals surface area contributed by atoms with Gasteiger partial charge in [0.25, 0.3) is 0 Å². The number of aromatic nitrogens is 1. The van der Waals surface area contributed by atoms with Crippen molar-refractivity contribution in [3.05, 3.63) is 42.3 Å². The summed E-state index contributed by atoms with van der Waals surface area (Å²) >= 11 is 6.24. The lowest BCUT2D eigenvalue weighted by Gasteiger charge is -2.34. The smallest absolute Gasteiger partial charge is 0.129 e. The highest BCUT2D eigenvalue weighted by atomic mass is 35.5. The molecule has 1 heterocycles. The molecule has 0 saturated heterocycles. The molecule has 1 aliphatic rings. The zero-order valence-corrected chi connectivity index (χ0v) is 12.9. The minimum Gasteiger partial charge on any atom is -0.395 e. The van der Waals surface area contributed by atoms with Gasteiger partial charge in [-0.2, -0.15) is 0 Å². The molecular weight excluding hydrogens is 290 g/mol. The van der Waals surface area contributed by atoms with Crippen LogP contribution in [0.5, 0.6) is 0 Å². The number of alkyl halides is 1. The van der Waals surface area contributed by atoms with Gasteiger partial charge >= 0.3 is 0 Å². The molecule has 0 spiro atoms. The third-order valence-electron chi connectivity index (χ3n) is 3.56.